The van der Waals surface area contributed by atoms with E-state index >= 15 is 0 Å². The van der Waals surface area contributed by atoms with Crippen molar-refractivity contribution >= 4 is 0 Å². The maximum atomic E-state index is 8.88. The molecule has 0 amide bonds. The first-order chi connectivity index (χ1) is 5.77. The monoisotopic (exact) mass is 166 g/mol. The van der Waals surface area contributed by atoms with Gasteiger partial charge in [-0.25, -0.2) is 0 Å². The van der Waals surface area contributed by atoms with Crippen LogP contribution in [0.1, 0.15) is 26.7 Å². The van der Waals surface area contributed by atoms with Gasteiger partial charge in [-0.15, -0.1) is 0 Å². The fourth-order valence-electron chi connectivity index (χ4n) is 1.81. The van der Waals surface area contributed by atoms with Crippen molar-refractivity contribution in [3.63, 3.8) is 0 Å². The largest absolute Gasteiger partial charge is 0.304 e. The van der Waals surface area contributed by atoms with E-state index in [1.807, 2.05) is 0 Å². The lowest BCUT2D eigenvalue weighted by Gasteiger charge is -2.16. The van der Waals surface area contributed by atoms with E-state index in [2.05, 4.69) is 24.8 Å². The van der Waals surface area contributed by atoms with Crippen LogP contribution < -0.4 is 0 Å². The molecule has 0 N–H and O–H groups in total. The lowest BCUT2D eigenvalue weighted by Crippen LogP contribution is -2.24. The topological polar surface area (TPSA) is 27.0 Å². The molecule has 12 heavy (non-hydrogen) atoms. The summed E-state index contributed by atoms with van der Waals surface area (Å²) in [5.74, 6) is 0.882. The molecule has 2 heteroatoms. The van der Waals surface area contributed by atoms with E-state index in [0.29, 0.717) is 11.8 Å². The molecule has 68 valence electrons. The van der Waals surface area contributed by atoms with Crippen molar-refractivity contribution in [2.75, 3.05) is 19.6 Å². The van der Waals surface area contributed by atoms with Crippen LogP contribution >= 0.6 is 0 Å². The Balaban J connectivity index is 2.48. The molecule has 1 aliphatic rings. The average Bonchev–Trinajstić information content (AvgIpc) is 2.27. The van der Waals surface area contributed by atoms with E-state index in [0.717, 1.165) is 19.5 Å². The normalized spacial score (nSPS) is 32.4. The molecule has 0 aromatic heterocycles. The van der Waals surface area contributed by atoms with E-state index in [-0.39, 0.29) is 0 Å². The van der Waals surface area contributed by atoms with Gasteiger partial charge in [-0.2, -0.15) is 5.26 Å². The highest BCUT2D eigenvalue weighted by atomic mass is 15.1. The molecule has 1 heterocycles. The lowest BCUT2D eigenvalue weighted by atomic mass is 9.91. The number of nitriles is 1. The first kappa shape index (κ1) is 9.54. The van der Waals surface area contributed by atoms with E-state index in [1.165, 1.54) is 13.0 Å². The quantitative estimate of drug-likeness (QED) is 0.594. The number of rotatable bonds is 1. The van der Waals surface area contributed by atoms with Gasteiger partial charge in [-0.05, 0) is 38.4 Å². The molecular weight excluding hydrogens is 148 g/mol. The molecule has 0 bridgehead atoms. The van der Waals surface area contributed by atoms with E-state index in [9.17, 15) is 0 Å². The summed E-state index contributed by atoms with van der Waals surface area (Å²) < 4.78 is 0. The fraction of sp³-hybridized carbons (Fsp3) is 0.900. The number of hydrogen-bond acceptors (Lipinski definition) is 2. The minimum atomic E-state index is 0.293. The highest BCUT2D eigenvalue weighted by Crippen LogP contribution is 2.22. The third-order valence-corrected chi connectivity index (χ3v) is 2.96. The first-order valence-corrected chi connectivity index (χ1v) is 4.90. The maximum Gasteiger partial charge on any atom is 0.0659 e. The van der Waals surface area contributed by atoms with Crippen molar-refractivity contribution in [3.8, 4) is 6.07 Å². The Kier molecular flexibility index (Phi) is 3.55. The molecule has 1 fully saturated rings. The Bertz CT molecular complexity index is 171. The summed E-state index contributed by atoms with van der Waals surface area (Å²) in [6.07, 6.45) is 2.25. The summed E-state index contributed by atoms with van der Waals surface area (Å²) >= 11 is 0. The Hall–Kier alpha value is -0.550. The molecule has 0 aliphatic carbocycles. The summed E-state index contributed by atoms with van der Waals surface area (Å²) in [5, 5.41) is 8.88. The predicted molar refractivity (Wildman–Crippen MR) is 49.6 cm³/mol. The Morgan fingerprint density at radius 3 is 2.67 bits per heavy atom. The molecule has 1 unspecified atom stereocenters. The van der Waals surface area contributed by atoms with Gasteiger partial charge in [0.05, 0.1) is 12.0 Å². The predicted octanol–water partition coefficient (Wildman–Crippen LogP) is 1.88. The van der Waals surface area contributed by atoms with Gasteiger partial charge in [0.15, 0.2) is 0 Å². The smallest absolute Gasteiger partial charge is 0.0659 e. The van der Waals surface area contributed by atoms with E-state index in [1.54, 1.807) is 0 Å². The molecule has 1 rings (SSSR count). The van der Waals surface area contributed by atoms with Crippen LogP contribution in [-0.2, 0) is 0 Å². The maximum absolute atomic E-state index is 8.88. The van der Waals surface area contributed by atoms with Crippen molar-refractivity contribution in [3.05, 3.63) is 0 Å². The van der Waals surface area contributed by atoms with Crippen molar-refractivity contribution < 1.29 is 0 Å². The highest BCUT2D eigenvalue weighted by Gasteiger charge is 2.21. The number of hydrogen-bond donors (Lipinski definition) is 0. The Labute approximate surface area is 75.2 Å². The van der Waals surface area contributed by atoms with Gasteiger partial charge in [0, 0.05) is 0 Å². The van der Waals surface area contributed by atoms with Crippen molar-refractivity contribution in [1.29, 1.82) is 5.26 Å². The lowest BCUT2D eigenvalue weighted by molar-refractivity contribution is 0.296. The second kappa shape index (κ2) is 4.47. The molecule has 2 atom stereocenters. The van der Waals surface area contributed by atoms with Crippen molar-refractivity contribution in [2.45, 2.75) is 26.7 Å². The summed E-state index contributed by atoms with van der Waals surface area (Å²) in [6.45, 7) is 7.81. The van der Waals surface area contributed by atoms with Gasteiger partial charge in [-0.3, -0.25) is 0 Å². The van der Waals surface area contributed by atoms with Crippen LogP contribution in [0.3, 0.4) is 0 Å². The van der Waals surface area contributed by atoms with Gasteiger partial charge in [-0.1, -0.05) is 13.8 Å². The first-order valence-electron chi connectivity index (χ1n) is 4.90. The minimum Gasteiger partial charge on any atom is -0.304 e. The molecule has 0 spiro atoms. The second-order valence-electron chi connectivity index (χ2n) is 3.72. The third kappa shape index (κ3) is 2.22. The van der Waals surface area contributed by atoms with E-state index in [4.69, 9.17) is 5.26 Å². The zero-order valence-electron chi connectivity index (χ0n) is 8.08. The highest BCUT2D eigenvalue weighted by molar-refractivity contribution is 4.89. The summed E-state index contributed by atoms with van der Waals surface area (Å²) in [7, 11) is 0. The molecule has 2 nitrogen and oxygen atoms in total. The molecule has 0 saturated carbocycles. The number of nitrogens with zero attached hydrogens (tertiary/aromatic N) is 2. The molecule has 0 aromatic carbocycles. The van der Waals surface area contributed by atoms with Crippen molar-refractivity contribution in [1.82, 2.24) is 4.90 Å². The molecule has 1 aliphatic heterocycles. The summed E-state index contributed by atoms with van der Waals surface area (Å²) in [5.41, 5.74) is 0. The summed E-state index contributed by atoms with van der Waals surface area (Å²) in [6, 6.07) is 2.41. The SMILES string of the molecule is CCN1CCC(C#N)[C@@H](C)CC1. The molecule has 0 radical (unpaired) electrons. The van der Waals surface area contributed by atoms with Crippen LogP contribution in [0.25, 0.3) is 0 Å². The van der Waals surface area contributed by atoms with Crippen molar-refractivity contribution in [2.24, 2.45) is 11.8 Å². The summed E-state index contributed by atoms with van der Waals surface area (Å²) in [4.78, 5) is 2.44. The van der Waals surface area contributed by atoms with Crippen LogP contribution in [0, 0.1) is 23.2 Å². The van der Waals surface area contributed by atoms with E-state index < -0.39 is 0 Å². The molecule has 1 saturated heterocycles. The molecular formula is C10H18N2. The van der Waals surface area contributed by atoms with Gasteiger partial charge in [0.2, 0.25) is 0 Å². The van der Waals surface area contributed by atoms with Gasteiger partial charge < -0.3 is 4.90 Å². The second-order valence-corrected chi connectivity index (χ2v) is 3.72. The Morgan fingerprint density at radius 1 is 1.42 bits per heavy atom. The number of likely N-dealkylation sites (tertiary alicyclic amines) is 1. The third-order valence-electron chi connectivity index (χ3n) is 2.96. The zero-order valence-corrected chi connectivity index (χ0v) is 8.08. The van der Waals surface area contributed by atoms with Gasteiger partial charge in [0.25, 0.3) is 0 Å². The minimum absolute atomic E-state index is 0.293. The van der Waals surface area contributed by atoms with Crippen LogP contribution in [0.2, 0.25) is 0 Å². The molecule has 0 aromatic rings. The van der Waals surface area contributed by atoms with Gasteiger partial charge >= 0.3 is 0 Å². The van der Waals surface area contributed by atoms with Gasteiger partial charge in [0.1, 0.15) is 0 Å². The Morgan fingerprint density at radius 2 is 2.08 bits per heavy atom. The van der Waals surface area contributed by atoms with Crippen LogP contribution in [0.5, 0.6) is 0 Å². The zero-order chi connectivity index (χ0) is 8.97. The fourth-order valence-corrected chi connectivity index (χ4v) is 1.81. The van der Waals surface area contributed by atoms with Crippen LogP contribution in [-0.4, -0.2) is 24.5 Å². The standard InChI is InChI=1S/C10H18N2/c1-3-12-6-4-9(2)10(8-11)5-7-12/h9-10H,3-7H2,1-2H3/t9-,10?/m0/s1. The van der Waals surface area contributed by atoms with Crippen LogP contribution in [0.4, 0.5) is 0 Å². The van der Waals surface area contributed by atoms with Crippen LogP contribution in [0.15, 0.2) is 0 Å². The average molecular weight is 166 g/mol.